The number of nitrogens with one attached hydrogen (secondary N) is 1. The highest BCUT2D eigenvalue weighted by Crippen LogP contribution is 2.25. The summed E-state index contributed by atoms with van der Waals surface area (Å²) in [5, 5.41) is 9.17. The van der Waals surface area contributed by atoms with Crippen LogP contribution in [0.5, 0.6) is 5.75 Å². The second kappa shape index (κ2) is 6.77. The van der Waals surface area contributed by atoms with E-state index >= 15 is 0 Å². The van der Waals surface area contributed by atoms with Gasteiger partial charge in [-0.05, 0) is 30.7 Å². The minimum absolute atomic E-state index is 0.00623. The van der Waals surface area contributed by atoms with E-state index in [2.05, 4.69) is 15.5 Å². The van der Waals surface area contributed by atoms with Crippen molar-refractivity contribution in [2.75, 3.05) is 11.9 Å². The van der Waals surface area contributed by atoms with Gasteiger partial charge >= 0.3 is 0 Å². The summed E-state index contributed by atoms with van der Waals surface area (Å²) in [7, 11) is 0. The molecule has 0 saturated heterocycles. The lowest BCUT2D eigenvalue weighted by Crippen LogP contribution is -2.20. The summed E-state index contributed by atoms with van der Waals surface area (Å²) in [6.07, 6.45) is -2.71. The van der Waals surface area contributed by atoms with Gasteiger partial charge in [0.25, 0.3) is 12.3 Å². The number of halogens is 3. The minimum Gasteiger partial charge on any atom is -0.483 e. The van der Waals surface area contributed by atoms with Crippen LogP contribution in [0.2, 0.25) is 5.02 Å². The van der Waals surface area contributed by atoms with E-state index in [1.807, 2.05) is 0 Å². The molecule has 21 heavy (non-hydrogen) atoms. The number of nitrogens with zero attached hydrogens (tertiary/aromatic N) is 2. The van der Waals surface area contributed by atoms with Gasteiger partial charge in [-0.25, -0.2) is 8.78 Å². The fourth-order valence-corrected chi connectivity index (χ4v) is 2.29. The number of rotatable bonds is 5. The van der Waals surface area contributed by atoms with Crippen molar-refractivity contribution in [3.8, 4) is 5.75 Å². The molecule has 1 N–H and O–H groups in total. The van der Waals surface area contributed by atoms with Crippen LogP contribution in [0.15, 0.2) is 18.2 Å². The lowest BCUT2D eigenvalue weighted by Gasteiger charge is -2.08. The minimum atomic E-state index is -2.71. The molecular formula is C12H10ClF2N3O2S. The smallest absolute Gasteiger partial charge is 0.291 e. The lowest BCUT2D eigenvalue weighted by molar-refractivity contribution is -0.118. The Hall–Kier alpha value is -1.80. The van der Waals surface area contributed by atoms with E-state index in [-0.39, 0.29) is 11.7 Å². The van der Waals surface area contributed by atoms with Crippen molar-refractivity contribution in [3.05, 3.63) is 33.8 Å². The molecule has 1 amide bonds. The van der Waals surface area contributed by atoms with Crippen LogP contribution in [0, 0.1) is 6.92 Å². The largest absolute Gasteiger partial charge is 0.483 e. The Morgan fingerprint density at radius 3 is 2.86 bits per heavy atom. The van der Waals surface area contributed by atoms with Crippen molar-refractivity contribution >= 4 is 34.0 Å². The highest BCUT2D eigenvalue weighted by Gasteiger charge is 2.15. The average Bonchev–Trinajstić information content (AvgIpc) is 2.86. The van der Waals surface area contributed by atoms with Gasteiger partial charge in [-0.3, -0.25) is 10.1 Å². The summed E-state index contributed by atoms with van der Waals surface area (Å²) >= 11 is 6.42. The quantitative estimate of drug-likeness (QED) is 0.910. The van der Waals surface area contributed by atoms with E-state index in [1.165, 1.54) is 0 Å². The number of carbonyl (C=O) groups is 1. The van der Waals surface area contributed by atoms with Gasteiger partial charge in [-0.15, -0.1) is 10.2 Å². The van der Waals surface area contributed by atoms with Crippen LogP contribution in [-0.4, -0.2) is 22.7 Å². The second-order valence-corrected chi connectivity index (χ2v) is 5.44. The fourth-order valence-electron chi connectivity index (χ4n) is 1.45. The van der Waals surface area contributed by atoms with E-state index in [1.54, 1.807) is 25.1 Å². The van der Waals surface area contributed by atoms with Crippen LogP contribution in [0.25, 0.3) is 0 Å². The Balaban J connectivity index is 1.89. The van der Waals surface area contributed by atoms with Crippen molar-refractivity contribution in [2.45, 2.75) is 13.3 Å². The van der Waals surface area contributed by atoms with Crippen molar-refractivity contribution in [2.24, 2.45) is 0 Å². The molecule has 0 aliphatic heterocycles. The van der Waals surface area contributed by atoms with Gasteiger partial charge in [0.2, 0.25) is 5.13 Å². The number of carbonyl (C=O) groups excluding carboxylic acids is 1. The molecule has 0 unspecified atom stereocenters. The van der Waals surface area contributed by atoms with E-state index in [9.17, 15) is 13.6 Å². The zero-order chi connectivity index (χ0) is 15.4. The number of alkyl halides is 2. The summed E-state index contributed by atoms with van der Waals surface area (Å²) in [5.41, 5.74) is 0.784. The Bertz CT molecular complexity index is 651. The highest BCUT2D eigenvalue weighted by molar-refractivity contribution is 7.15. The first kappa shape index (κ1) is 15.6. The van der Waals surface area contributed by atoms with Crippen LogP contribution in [-0.2, 0) is 4.79 Å². The monoisotopic (exact) mass is 333 g/mol. The van der Waals surface area contributed by atoms with Crippen LogP contribution >= 0.6 is 22.9 Å². The third-order valence-corrected chi connectivity index (χ3v) is 3.45. The first-order valence-corrected chi connectivity index (χ1v) is 6.95. The molecule has 0 atom stereocenters. The van der Waals surface area contributed by atoms with E-state index in [0.29, 0.717) is 22.1 Å². The molecule has 0 spiro atoms. The van der Waals surface area contributed by atoms with Crippen LogP contribution in [0.4, 0.5) is 13.9 Å². The van der Waals surface area contributed by atoms with Gasteiger partial charge in [-0.1, -0.05) is 22.9 Å². The maximum atomic E-state index is 12.3. The molecular weight excluding hydrogens is 324 g/mol. The summed E-state index contributed by atoms with van der Waals surface area (Å²) in [6, 6.07) is 4.99. The maximum Gasteiger partial charge on any atom is 0.291 e. The van der Waals surface area contributed by atoms with Crippen LogP contribution in [0.1, 0.15) is 17.0 Å². The zero-order valence-electron chi connectivity index (χ0n) is 10.8. The van der Waals surface area contributed by atoms with Gasteiger partial charge in [0.1, 0.15) is 5.75 Å². The molecule has 0 fully saturated rings. The Labute approximate surface area is 127 Å². The molecule has 0 radical (unpaired) electrons. The van der Waals surface area contributed by atoms with Gasteiger partial charge in [-0.2, -0.15) is 0 Å². The number of ether oxygens (including phenoxy) is 1. The number of anilines is 1. The SMILES string of the molecule is Cc1cc(Cl)ccc1OCC(=O)Nc1nnc(C(F)F)s1. The Kier molecular flexibility index (Phi) is 5.03. The molecule has 2 aromatic rings. The van der Waals surface area contributed by atoms with Crippen molar-refractivity contribution in [1.29, 1.82) is 0 Å². The van der Waals surface area contributed by atoms with Gasteiger partial charge in [0.05, 0.1) is 0 Å². The molecule has 0 saturated carbocycles. The normalized spacial score (nSPS) is 10.7. The van der Waals surface area contributed by atoms with Crippen LogP contribution < -0.4 is 10.1 Å². The van der Waals surface area contributed by atoms with Crippen molar-refractivity contribution < 1.29 is 18.3 Å². The van der Waals surface area contributed by atoms with E-state index in [4.69, 9.17) is 16.3 Å². The number of aromatic nitrogens is 2. The van der Waals surface area contributed by atoms with Crippen molar-refractivity contribution in [3.63, 3.8) is 0 Å². The molecule has 1 heterocycles. The summed E-state index contributed by atoms with van der Waals surface area (Å²) in [4.78, 5) is 11.6. The first-order valence-electron chi connectivity index (χ1n) is 5.76. The number of amides is 1. The van der Waals surface area contributed by atoms with Gasteiger partial charge in [0.15, 0.2) is 11.6 Å². The van der Waals surface area contributed by atoms with Gasteiger partial charge in [0, 0.05) is 5.02 Å². The maximum absolute atomic E-state index is 12.3. The Morgan fingerprint density at radius 1 is 1.48 bits per heavy atom. The van der Waals surface area contributed by atoms with E-state index in [0.717, 1.165) is 5.56 Å². The third kappa shape index (κ3) is 4.33. The second-order valence-electron chi connectivity index (χ2n) is 3.99. The molecule has 5 nitrogen and oxygen atoms in total. The third-order valence-electron chi connectivity index (χ3n) is 2.37. The molecule has 1 aromatic carbocycles. The predicted molar refractivity (Wildman–Crippen MR) is 75.2 cm³/mol. The highest BCUT2D eigenvalue weighted by atomic mass is 35.5. The molecule has 0 aliphatic rings. The first-order chi connectivity index (χ1) is 9.95. The van der Waals surface area contributed by atoms with E-state index < -0.39 is 17.3 Å². The van der Waals surface area contributed by atoms with Crippen molar-refractivity contribution in [1.82, 2.24) is 10.2 Å². The lowest BCUT2D eigenvalue weighted by atomic mass is 10.2. The fraction of sp³-hybridized carbons (Fsp3) is 0.250. The number of benzene rings is 1. The molecule has 0 aliphatic carbocycles. The Morgan fingerprint density at radius 2 is 2.24 bits per heavy atom. The van der Waals surface area contributed by atoms with Crippen LogP contribution in [0.3, 0.4) is 0 Å². The van der Waals surface area contributed by atoms with Gasteiger partial charge < -0.3 is 4.74 Å². The number of hydrogen-bond donors (Lipinski definition) is 1. The number of hydrogen-bond acceptors (Lipinski definition) is 5. The standard InChI is InChI=1S/C12H10ClF2N3O2S/c1-6-4-7(13)2-3-8(6)20-5-9(19)16-12-18-17-11(21-12)10(14)15/h2-4,10H,5H2,1H3,(H,16,18,19). The molecule has 9 heteroatoms. The average molecular weight is 334 g/mol. The molecule has 0 bridgehead atoms. The predicted octanol–water partition coefficient (Wildman–Crippen LogP) is 3.46. The molecule has 2 rings (SSSR count). The summed E-state index contributed by atoms with van der Waals surface area (Å²) in [5.74, 6) is 0.00130. The summed E-state index contributed by atoms with van der Waals surface area (Å²) in [6.45, 7) is 1.52. The molecule has 112 valence electrons. The number of aryl methyl sites for hydroxylation is 1. The molecule has 1 aromatic heterocycles. The zero-order valence-corrected chi connectivity index (χ0v) is 12.3. The topological polar surface area (TPSA) is 64.1 Å². The summed E-state index contributed by atoms with van der Waals surface area (Å²) < 4.78 is 30.0.